The minimum absolute atomic E-state index is 0.145. The fourth-order valence-corrected chi connectivity index (χ4v) is 9.48. The molecule has 0 saturated carbocycles. The Morgan fingerprint density at radius 2 is 1.24 bits per heavy atom. The lowest BCUT2D eigenvalue weighted by atomic mass is 9.95. The summed E-state index contributed by atoms with van der Waals surface area (Å²) in [6.07, 6.45) is 0. The Hall–Kier alpha value is -3.66. The van der Waals surface area contributed by atoms with Crippen LogP contribution in [-0.2, 0) is 9.53 Å². The van der Waals surface area contributed by atoms with E-state index in [-0.39, 0.29) is 11.5 Å². The van der Waals surface area contributed by atoms with Gasteiger partial charge in [0.2, 0.25) is 6.54 Å². The summed E-state index contributed by atoms with van der Waals surface area (Å²) < 4.78 is 5.69. The van der Waals surface area contributed by atoms with Crippen molar-refractivity contribution >= 4 is 45.7 Å². The van der Waals surface area contributed by atoms with Crippen LogP contribution in [0.2, 0.25) is 5.02 Å². The summed E-state index contributed by atoms with van der Waals surface area (Å²) in [6.45, 7) is -1.51. The molecule has 5 nitrogen and oxygen atoms in total. The van der Waals surface area contributed by atoms with Gasteiger partial charge in [0, 0.05) is 9.95 Å². The second kappa shape index (κ2) is 12.1. The third-order valence-corrected chi connectivity index (χ3v) is 10.9. The van der Waals surface area contributed by atoms with Gasteiger partial charge in [-0.3, -0.25) is 10.1 Å². The first-order valence-electron chi connectivity index (χ1n) is 12.0. The molecule has 4 rings (SSSR count). The Morgan fingerprint density at radius 1 is 0.811 bits per heavy atom. The monoisotopic (exact) mass is 531 g/mol. The topological polar surface area (TPSA) is 69.4 Å². The highest BCUT2D eigenvalue weighted by Gasteiger charge is 2.40. The third kappa shape index (κ3) is 5.53. The van der Waals surface area contributed by atoms with Gasteiger partial charge in [-0.2, -0.15) is 0 Å². The van der Waals surface area contributed by atoms with Crippen LogP contribution in [0.4, 0.5) is 0 Å². The largest absolute Gasteiger partial charge is 0.463 e. The van der Waals surface area contributed by atoms with Crippen molar-refractivity contribution in [3.63, 3.8) is 0 Å². The van der Waals surface area contributed by atoms with Crippen molar-refractivity contribution in [1.29, 1.82) is 0 Å². The first kappa shape index (κ1) is 26.4. The summed E-state index contributed by atoms with van der Waals surface area (Å²) in [7, 11) is 0. The predicted octanol–water partition coefficient (Wildman–Crippen LogP) is 5.43. The van der Waals surface area contributed by atoms with Gasteiger partial charge >= 0.3 is 5.97 Å². The minimum Gasteiger partial charge on any atom is -0.463 e. The van der Waals surface area contributed by atoms with E-state index in [1.165, 1.54) is 0 Å². The Kier molecular flexibility index (Phi) is 8.60. The summed E-state index contributed by atoms with van der Waals surface area (Å²) in [5.41, 5.74) is 0.635. The second-order valence-electron chi connectivity index (χ2n) is 8.40. The molecular formula is C30H27ClNO4P. The van der Waals surface area contributed by atoms with Crippen molar-refractivity contribution in [2.24, 2.45) is 0 Å². The lowest BCUT2D eigenvalue weighted by Gasteiger charge is -2.34. The lowest BCUT2D eigenvalue weighted by Crippen LogP contribution is -2.39. The number of halogens is 1. The van der Waals surface area contributed by atoms with Crippen molar-refractivity contribution in [3.05, 3.63) is 136 Å². The van der Waals surface area contributed by atoms with Gasteiger partial charge in [-0.25, -0.2) is 4.79 Å². The molecule has 0 amide bonds. The van der Waals surface area contributed by atoms with Gasteiger partial charge in [0.05, 0.1) is 17.8 Å². The van der Waals surface area contributed by atoms with Crippen LogP contribution in [0, 0.1) is 10.1 Å². The molecule has 0 fully saturated rings. The van der Waals surface area contributed by atoms with E-state index >= 15 is 0 Å². The first-order valence-corrected chi connectivity index (χ1v) is 14.1. The number of carbonyl (C=O) groups excluding carboxylic acids is 1. The lowest BCUT2D eigenvalue weighted by molar-refractivity contribution is -0.480. The van der Waals surface area contributed by atoms with Gasteiger partial charge in [-0.1, -0.05) is 115 Å². The highest BCUT2D eigenvalue weighted by atomic mass is 35.5. The molecule has 0 spiro atoms. The van der Waals surface area contributed by atoms with Gasteiger partial charge in [0.1, 0.15) is 0 Å². The number of nitro groups is 1. The van der Waals surface area contributed by atoms with E-state index < -0.39 is 25.3 Å². The van der Waals surface area contributed by atoms with Gasteiger partial charge < -0.3 is 4.74 Å². The Labute approximate surface area is 221 Å². The molecule has 4 aromatic rings. The molecule has 7 heteroatoms. The Bertz CT molecular complexity index is 1310. The molecule has 0 bridgehead atoms. The number of hydrogen-bond donors (Lipinski definition) is 0. The zero-order valence-corrected chi connectivity index (χ0v) is 22.0. The molecule has 0 aromatic heterocycles. The van der Waals surface area contributed by atoms with Gasteiger partial charge in [0.15, 0.2) is 0 Å². The van der Waals surface area contributed by atoms with Crippen LogP contribution in [-0.4, -0.2) is 29.3 Å². The molecule has 0 aliphatic carbocycles. The molecule has 188 valence electrons. The summed E-state index contributed by atoms with van der Waals surface area (Å²) in [5.74, 6) is -1.38. The van der Waals surface area contributed by atoms with E-state index in [9.17, 15) is 14.9 Å². The maximum absolute atomic E-state index is 14.1. The molecule has 0 aliphatic heterocycles. The van der Waals surface area contributed by atoms with Crippen LogP contribution >= 0.6 is 18.5 Å². The van der Waals surface area contributed by atoms with Crippen LogP contribution in [0.15, 0.2) is 115 Å². The molecule has 37 heavy (non-hydrogen) atoms. The minimum atomic E-state index is -2.93. The summed E-state index contributed by atoms with van der Waals surface area (Å²) >= 11 is 6.17. The van der Waals surface area contributed by atoms with E-state index in [0.717, 1.165) is 15.9 Å². The average Bonchev–Trinajstić information content (AvgIpc) is 2.92. The zero-order valence-electron chi connectivity index (χ0n) is 20.4. The summed E-state index contributed by atoms with van der Waals surface area (Å²) in [5, 5.41) is 15.7. The van der Waals surface area contributed by atoms with Crippen molar-refractivity contribution in [1.82, 2.24) is 0 Å². The van der Waals surface area contributed by atoms with Crippen molar-refractivity contribution < 1.29 is 14.5 Å². The normalized spacial score (nSPS) is 11.9. The highest BCUT2D eigenvalue weighted by molar-refractivity contribution is 7.96. The molecule has 0 N–H and O–H groups in total. The zero-order chi connectivity index (χ0) is 26.3. The van der Waals surface area contributed by atoms with E-state index in [1.807, 2.05) is 91.0 Å². The first-order chi connectivity index (χ1) is 18.0. The predicted molar refractivity (Wildman–Crippen MR) is 153 cm³/mol. The van der Waals surface area contributed by atoms with Crippen molar-refractivity contribution in [2.75, 3.05) is 13.2 Å². The average molecular weight is 532 g/mol. The Balaban J connectivity index is 2.28. The molecular weight excluding hydrogens is 505 g/mol. The van der Waals surface area contributed by atoms with Gasteiger partial charge in [0.25, 0.3) is 0 Å². The molecule has 0 heterocycles. The maximum Gasteiger partial charge on any atom is 0.335 e. The number of nitrogens with zero attached hydrogens (tertiary/aromatic N) is 1. The van der Waals surface area contributed by atoms with Crippen LogP contribution < -0.4 is 15.9 Å². The molecule has 0 saturated heterocycles. The second-order valence-corrected chi connectivity index (χ2v) is 12.2. The molecule has 0 radical (unpaired) electrons. The Morgan fingerprint density at radius 3 is 1.62 bits per heavy atom. The number of carbonyl (C=O) groups is 1. The molecule has 1 atom stereocenters. The quantitative estimate of drug-likeness (QED) is 0.125. The number of rotatable bonds is 9. The highest BCUT2D eigenvalue weighted by Crippen LogP contribution is 2.49. The SMILES string of the molecule is CCOC(=O)C(C(C[N+](=O)[O-])c1ccc(Cl)cc1)=P(c1ccccc1)(c1ccccc1)c1ccccc1. The van der Waals surface area contributed by atoms with Crippen molar-refractivity contribution in [3.8, 4) is 0 Å². The standard InChI is InChI=1S/C30H27ClNO4P/c1-2-36-30(33)29(28(22-32(34)35)23-18-20-24(31)21-19-23)37(25-12-6-3-7-13-25,26-14-8-4-9-15-26)27-16-10-5-11-17-27/h3-21,28H,2,22H2,1H3. The molecule has 4 aromatic carbocycles. The van der Waals surface area contributed by atoms with E-state index in [0.29, 0.717) is 15.9 Å². The number of esters is 1. The van der Waals surface area contributed by atoms with E-state index in [1.54, 1.807) is 31.2 Å². The summed E-state index contributed by atoms with van der Waals surface area (Å²) in [6, 6.07) is 36.3. The smallest absolute Gasteiger partial charge is 0.335 e. The fourth-order valence-electron chi connectivity index (χ4n) is 4.73. The third-order valence-electron chi connectivity index (χ3n) is 6.21. The number of ether oxygens (including phenoxy) is 1. The molecule has 0 aliphatic rings. The summed E-state index contributed by atoms with van der Waals surface area (Å²) in [4.78, 5) is 25.8. The maximum atomic E-state index is 14.1. The van der Waals surface area contributed by atoms with Crippen LogP contribution in [0.3, 0.4) is 0 Å². The number of hydrogen-bond acceptors (Lipinski definition) is 4. The molecule has 1 unspecified atom stereocenters. The van der Waals surface area contributed by atoms with Crippen LogP contribution in [0.5, 0.6) is 0 Å². The van der Waals surface area contributed by atoms with Gasteiger partial charge in [-0.15, -0.1) is 0 Å². The van der Waals surface area contributed by atoms with Crippen LogP contribution in [0.1, 0.15) is 18.4 Å². The van der Waals surface area contributed by atoms with Gasteiger partial charge in [-0.05, 0) is 47.4 Å². The fraction of sp³-hybridized carbons (Fsp3) is 0.133. The van der Waals surface area contributed by atoms with Crippen molar-refractivity contribution in [2.45, 2.75) is 12.8 Å². The van der Waals surface area contributed by atoms with Crippen LogP contribution in [0.25, 0.3) is 0 Å². The van der Waals surface area contributed by atoms with E-state index in [2.05, 4.69) is 0 Å². The number of benzene rings is 4. The van der Waals surface area contributed by atoms with E-state index in [4.69, 9.17) is 16.3 Å².